The Kier molecular flexibility index (Phi) is 9.38. The van der Waals surface area contributed by atoms with E-state index in [1.165, 1.54) is 0 Å². The molecule has 2 amide bonds. The second-order valence-corrected chi connectivity index (χ2v) is 11.2. The summed E-state index contributed by atoms with van der Waals surface area (Å²) in [5, 5.41) is 34.3. The number of nitrogens with zero attached hydrogens (tertiary/aromatic N) is 1. The van der Waals surface area contributed by atoms with Crippen molar-refractivity contribution in [1.29, 1.82) is 0 Å². The molecule has 1 aliphatic heterocycles. The fraction of sp³-hybridized carbons (Fsp3) is 0.517. The van der Waals surface area contributed by atoms with Crippen molar-refractivity contribution >= 4 is 23.6 Å². The third-order valence-corrected chi connectivity index (χ3v) is 8.29. The van der Waals surface area contributed by atoms with Gasteiger partial charge in [-0.05, 0) is 69.2 Å². The van der Waals surface area contributed by atoms with E-state index in [1.54, 1.807) is 23.1 Å². The quantitative estimate of drug-likeness (QED) is 0.292. The highest BCUT2D eigenvalue weighted by molar-refractivity contribution is 6.32. The summed E-state index contributed by atoms with van der Waals surface area (Å²) in [7, 11) is 0. The summed E-state index contributed by atoms with van der Waals surface area (Å²) in [6.07, 6.45) is 0.925. The third kappa shape index (κ3) is 6.84. The first kappa shape index (κ1) is 29.1. The Hall–Kier alpha value is -2.85. The second kappa shape index (κ2) is 12.6. The Labute approximate surface area is 233 Å². The number of piperidine rings is 1. The number of rotatable bonds is 9. The lowest BCUT2D eigenvalue weighted by atomic mass is 9.73. The van der Waals surface area contributed by atoms with Crippen LogP contribution in [0.2, 0.25) is 5.02 Å². The van der Waals surface area contributed by atoms with E-state index in [0.29, 0.717) is 67.3 Å². The van der Waals surface area contributed by atoms with E-state index in [2.05, 4.69) is 5.32 Å². The van der Waals surface area contributed by atoms with E-state index < -0.39 is 23.8 Å². The van der Waals surface area contributed by atoms with Gasteiger partial charge in [-0.3, -0.25) is 4.79 Å². The van der Waals surface area contributed by atoms with Crippen molar-refractivity contribution in [2.45, 2.75) is 63.2 Å². The van der Waals surface area contributed by atoms with Crippen LogP contribution in [0.5, 0.6) is 11.5 Å². The highest BCUT2D eigenvalue weighted by Gasteiger charge is 2.45. The summed E-state index contributed by atoms with van der Waals surface area (Å²) in [6, 6.07) is 12.4. The summed E-state index contributed by atoms with van der Waals surface area (Å²) in [5.41, 5.74) is 6.03. The van der Waals surface area contributed by atoms with Crippen LogP contribution < -0.4 is 15.8 Å². The van der Waals surface area contributed by atoms with Crippen LogP contribution in [0.1, 0.15) is 49.7 Å². The molecule has 5 unspecified atom stereocenters. The van der Waals surface area contributed by atoms with Crippen LogP contribution in [0.3, 0.4) is 0 Å². The number of carbonyl (C=O) groups excluding carboxylic acids is 1. The topological polar surface area (TPSA) is 145 Å². The molecule has 4 rings (SSSR count). The number of likely N-dealkylation sites (tertiary alicyclic amines) is 1. The van der Waals surface area contributed by atoms with E-state index in [9.17, 15) is 19.8 Å². The van der Waals surface area contributed by atoms with E-state index in [4.69, 9.17) is 27.2 Å². The van der Waals surface area contributed by atoms with Crippen LogP contribution in [-0.4, -0.2) is 64.0 Å². The number of carbonyl (C=O) groups is 2. The number of aryl methyl sites for hydroxylation is 1. The molecule has 1 aliphatic carbocycles. The molecule has 0 bridgehead atoms. The number of aliphatic hydroxyl groups is 2. The minimum Gasteiger partial charge on any atom is -0.465 e. The number of nitrogens with two attached hydrogens (primary N) is 1. The fourth-order valence-electron chi connectivity index (χ4n) is 5.94. The fourth-order valence-corrected chi connectivity index (χ4v) is 6.15. The molecule has 1 saturated carbocycles. The molecule has 5 atom stereocenters. The summed E-state index contributed by atoms with van der Waals surface area (Å²) >= 11 is 6.63. The van der Waals surface area contributed by atoms with Gasteiger partial charge in [0.25, 0.3) is 0 Å². The number of aliphatic hydroxyl groups excluding tert-OH is 1. The second-order valence-electron chi connectivity index (χ2n) is 10.8. The number of amides is 2. The van der Waals surface area contributed by atoms with Crippen LogP contribution in [0, 0.1) is 18.8 Å². The highest BCUT2D eigenvalue weighted by Crippen LogP contribution is 2.47. The number of hydrogen-bond donors (Lipinski definition) is 5. The molecule has 0 radical (unpaired) electrons. The predicted molar refractivity (Wildman–Crippen MR) is 148 cm³/mol. The van der Waals surface area contributed by atoms with Crippen molar-refractivity contribution in [1.82, 2.24) is 10.2 Å². The van der Waals surface area contributed by atoms with Gasteiger partial charge in [0.05, 0.1) is 16.7 Å². The minimum absolute atomic E-state index is 0.0519. The van der Waals surface area contributed by atoms with Crippen LogP contribution in [0.25, 0.3) is 0 Å². The predicted octanol–water partition coefficient (Wildman–Crippen LogP) is 4.01. The minimum atomic E-state index is -1.45. The van der Waals surface area contributed by atoms with Crippen molar-refractivity contribution in [3.63, 3.8) is 0 Å². The van der Waals surface area contributed by atoms with Gasteiger partial charge in [0.15, 0.2) is 5.75 Å². The van der Waals surface area contributed by atoms with Crippen molar-refractivity contribution in [2.75, 3.05) is 19.6 Å². The summed E-state index contributed by atoms with van der Waals surface area (Å²) in [5.74, 6) is 0.179. The first-order chi connectivity index (χ1) is 18.6. The number of nitrogens with one attached hydrogen (secondary N) is 1. The Morgan fingerprint density at radius 2 is 2.00 bits per heavy atom. The molecule has 1 saturated heterocycles. The molecule has 2 aliphatic rings. The monoisotopic (exact) mass is 559 g/mol. The van der Waals surface area contributed by atoms with Gasteiger partial charge in [-0.15, -0.1) is 0 Å². The maximum Gasteiger partial charge on any atom is 0.404 e. The molecule has 6 N–H and O–H groups in total. The molecule has 39 heavy (non-hydrogen) atoms. The van der Waals surface area contributed by atoms with Crippen LogP contribution in [-0.2, 0) is 10.4 Å². The maximum absolute atomic E-state index is 13.4. The van der Waals surface area contributed by atoms with Crippen molar-refractivity contribution < 1.29 is 29.6 Å². The molecule has 0 spiro atoms. The van der Waals surface area contributed by atoms with Gasteiger partial charge in [-0.1, -0.05) is 35.9 Å². The highest BCUT2D eigenvalue weighted by atomic mass is 35.5. The van der Waals surface area contributed by atoms with Gasteiger partial charge < -0.3 is 36.0 Å². The zero-order valence-corrected chi connectivity index (χ0v) is 22.9. The van der Waals surface area contributed by atoms with Crippen LogP contribution in [0.4, 0.5) is 4.79 Å². The lowest BCUT2D eigenvalue weighted by Gasteiger charge is -2.44. The molecule has 1 heterocycles. The number of hydrogen-bond acceptors (Lipinski definition) is 6. The smallest absolute Gasteiger partial charge is 0.404 e. The molecule has 212 valence electrons. The molecular formula is C29H38ClN3O6. The molecule has 0 aromatic heterocycles. The van der Waals surface area contributed by atoms with Crippen molar-refractivity contribution in [3.05, 3.63) is 58.6 Å². The molecule has 2 fully saturated rings. The lowest BCUT2D eigenvalue weighted by Crippen LogP contribution is -2.49. The summed E-state index contributed by atoms with van der Waals surface area (Å²) in [6.45, 7) is 3.01. The van der Waals surface area contributed by atoms with E-state index in [-0.39, 0.29) is 30.7 Å². The molecule has 2 aromatic carbocycles. The normalized spacial score (nSPS) is 24.7. The van der Waals surface area contributed by atoms with Gasteiger partial charge in [0.1, 0.15) is 5.75 Å². The van der Waals surface area contributed by atoms with Crippen molar-refractivity contribution in [2.24, 2.45) is 17.6 Å². The van der Waals surface area contributed by atoms with E-state index >= 15 is 0 Å². The zero-order valence-electron chi connectivity index (χ0n) is 22.2. The first-order valence-electron chi connectivity index (χ1n) is 13.5. The number of carboxylic acid groups (broad SMARTS) is 1. The van der Waals surface area contributed by atoms with Gasteiger partial charge in [0.2, 0.25) is 5.91 Å². The average molecular weight is 560 g/mol. The Balaban J connectivity index is 1.64. The Bertz CT molecular complexity index is 1170. The molecule has 10 heteroatoms. The SMILES string of the molecule is Cc1cccc(Oc2c(Cl)cccc2C(O)(CCCNC(=O)O)C2CCCN(C(=O)C3CC(N)C(O)C3)C2)c1. The number of para-hydroxylation sites is 1. The number of halogens is 1. The molecule has 2 aromatic rings. The standard InChI is InChI=1S/C29H38ClN3O6/c1-18-6-2-8-21(14-18)39-26-22(9-3-10-23(26)30)29(38,11-5-12-32-28(36)37)20-7-4-13-33(17-20)27(35)19-15-24(31)25(34)16-19/h2-3,6,8-10,14,19-20,24-25,32,34,38H,4-5,7,11-13,15-17,31H2,1H3,(H,36,37). The van der Waals surface area contributed by atoms with Crippen LogP contribution in [0.15, 0.2) is 42.5 Å². The zero-order chi connectivity index (χ0) is 28.2. The largest absolute Gasteiger partial charge is 0.465 e. The first-order valence-corrected chi connectivity index (χ1v) is 13.9. The van der Waals surface area contributed by atoms with Gasteiger partial charge in [-0.25, -0.2) is 4.79 Å². The Morgan fingerprint density at radius 3 is 2.69 bits per heavy atom. The number of ether oxygens (including phenoxy) is 1. The van der Waals surface area contributed by atoms with Gasteiger partial charge in [-0.2, -0.15) is 0 Å². The van der Waals surface area contributed by atoms with Crippen LogP contribution >= 0.6 is 11.6 Å². The van der Waals surface area contributed by atoms with Crippen molar-refractivity contribution in [3.8, 4) is 11.5 Å². The third-order valence-electron chi connectivity index (χ3n) is 7.99. The van der Waals surface area contributed by atoms with E-state index in [0.717, 1.165) is 5.56 Å². The lowest BCUT2D eigenvalue weighted by molar-refractivity contribution is -0.141. The summed E-state index contributed by atoms with van der Waals surface area (Å²) < 4.78 is 6.26. The summed E-state index contributed by atoms with van der Waals surface area (Å²) in [4.78, 5) is 26.2. The maximum atomic E-state index is 13.4. The number of benzene rings is 2. The Morgan fingerprint density at radius 1 is 1.23 bits per heavy atom. The van der Waals surface area contributed by atoms with Gasteiger partial charge in [0, 0.05) is 43.1 Å². The van der Waals surface area contributed by atoms with E-state index in [1.807, 2.05) is 31.2 Å². The molecule has 9 nitrogen and oxygen atoms in total. The van der Waals surface area contributed by atoms with Gasteiger partial charge >= 0.3 is 6.09 Å². The average Bonchev–Trinajstić information content (AvgIpc) is 3.25. The molecular weight excluding hydrogens is 522 g/mol.